The number of hydrogen-bond donors (Lipinski definition) is 0. The molecule has 0 unspecified atom stereocenters. The summed E-state index contributed by atoms with van der Waals surface area (Å²) in [5.41, 5.74) is 9.17. The maximum absolute atomic E-state index is 4.86. The van der Waals surface area contributed by atoms with Crippen LogP contribution in [0.3, 0.4) is 0 Å². The predicted molar refractivity (Wildman–Crippen MR) is 158 cm³/mol. The summed E-state index contributed by atoms with van der Waals surface area (Å²) in [6, 6.07) is 46.2. The van der Waals surface area contributed by atoms with Gasteiger partial charge in [-0.05, 0) is 78.6 Å². The third kappa shape index (κ3) is 5.46. The zero-order chi connectivity index (χ0) is 25.5. The summed E-state index contributed by atoms with van der Waals surface area (Å²) >= 11 is 0. The standard InChI is InChI=1S/C34H31N3/c1-3-29-15-13-14-27(2)34(29)36(30-16-7-4-8-17-30)31-24-22-28(23-25-31)26-35-37(32-18-9-5-10-19-32)33-20-11-6-12-21-33/h4-26H,3H2,1-2H3/b35-26+. The fraction of sp³-hybridized carbons (Fsp3) is 0.0882. The van der Waals surface area contributed by atoms with Crippen molar-refractivity contribution in [2.24, 2.45) is 5.10 Å². The van der Waals surface area contributed by atoms with Crippen LogP contribution in [0.1, 0.15) is 23.6 Å². The minimum absolute atomic E-state index is 0.972. The van der Waals surface area contributed by atoms with Crippen LogP contribution in [0.2, 0.25) is 0 Å². The smallest absolute Gasteiger partial charge is 0.0652 e. The minimum Gasteiger partial charge on any atom is -0.310 e. The second-order valence-electron chi connectivity index (χ2n) is 8.93. The van der Waals surface area contributed by atoms with Crippen LogP contribution in [0, 0.1) is 6.92 Å². The topological polar surface area (TPSA) is 18.8 Å². The number of anilines is 5. The highest BCUT2D eigenvalue weighted by Crippen LogP contribution is 2.39. The molecule has 5 aromatic rings. The Morgan fingerprint density at radius 2 is 1.08 bits per heavy atom. The molecule has 0 saturated carbocycles. The van der Waals surface area contributed by atoms with E-state index in [1.54, 1.807) is 0 Å². The first kappa shape index (κ1) is 24.1. The molecule has 0 radical (unpaired) electrons. The highest BCUT2D eigenvalue weighted by Gasteiger charge is 2.17. The molecule has 0 fully saturated rings. The zero-order valence-electron chi connectivity index (χ0n) is 21.3. The SMILES string of the molecule is CCc1cccc(C)c1N(c1ccccc1)c1ccc(/C=N/N(c2ccccc2)c2ccccc2)cc1. The van der Waals surface area contributed by atoms with E-state index in [1.807, 2.05) is 47.6 Å². The first-order valence-corrected chi connectivity index (χ1v) is 12.7. The zero-order valence-corrected chi connectivity index (χ0v) is 21.3. The summed E-state index contributed by atoms with van der Waals surface area (Å²) in [6.07, 6.45) is 2.89. The Balaban J connectivity index is 1.50. The predicted octanol–water partition coefficient (Wildman–Crippen LogP) is 9.20. The van der Waals surface area contributed by atoms with Gasteiger partial charge in [-0.1, -0.05) is 91.9 Å². The molecule has 0 saturated heterocycles. The summed E-state index contributed by atoms with van der Waals surface area (Å²) in [4.78, 5) is 2.36. The number of aryl methyl sites for hydroxylation is 2. The van der Waals surface area contributed by atoms with Crippen molar-refractivity contribution in [3.63, 3.8) is 0 Å². The maximum Gasteiger partial charge on any atom is 0.0652 e. The van der Waals surface area contributed by atoms with Gasteiger partial charge in [0, 0.05) is 11.4 Å². The number of benzene rings is 5. The average Bonchev–Trinajstić information content (AvgIpc) is 2.96. The lowest BCUT2D eigenvalue weighted by molar-refractivity contribution is 1.09. The van der Waals surface area contributed by atoms with E-state index < -0.39 is 0 Å². The number of hydrazone groups is 1. The van der Waals surface area contributed by atoms with Crippen LogP contribution in [0.25, 0.3) is 0 Å². The van der Waals surface area contributed by atoms with E-state index in [1.165, 1.54) is 16.8 Å². The molecule has 5 aromatic carbocycles. The van der Waals surface area contributed by atoms with Gasteiger partial charge >= 0.3 is 0 Å². The van der Waals surface area contributed by atoms with Crippen molar-refractivity contribution >= 4 is 34.7 Å². The Bertz CT molecular complexity index is 1400. The van der Waals surface area contributed by atoms with Crippen LogP contribution in [0.5, 0.6) is 0 Å². The van der Waals surface area contributed by atoms with Gasteiger partial charge in [0.25, 0.3) is 0 Å². The number of rotatable bonds is 8. The molecular formula is C34H31N3. The highest BCUT2D eigenvalue weighted by atomic mass is 15.5. The third-order valence-electron chi connectivity index (χ3n) is 6.42. The number of nitrogens with zero attached hydrogens (tertiary/aromatic N) is 3. The lowest BCUT2D eigenvalue weighted by Crippen LogP contribution is -2.13. The van der Waals surface area contributed by atoms with E-state index in [9.17, 15) is 0 Å². The molecule has 0 spiro atoms. The molecule has 0 heterocycles. The van der Waals surface area contributed by atoms with Gasteiger partial charge in [0.05, 0.1) is 23.3 Å². The van der Waals surface area contributed by atoms with E-state index in [2.05, 4.69) is 116 Å². The molecule has 37 heavy (non-hydrogen) atoms. The van der Waals surface area contributed by atoms with Crippen molar-refractivity contribution in [1.29, 1.82) is 0 Å². The summed E-state index contributed by atoms with van der Waals surface area (Å²) in [7, 11) is 0. The number of hydrogen-bond acceptors (Lipinski definition) is 3. The van der Waals surface area contributed by atoms with Gasteiger partial charge in [-0.15, -0.1) is 0 Å². The van der Waals surface area contributed by atoms with Crippen molar-refractivity contribution in [3.8, 4) is 0 Å². The Hall–Kier alpha value is -4.63. The van der Waals surface area contributed by atoms with Crippen molar-refractivity contribution in [2.75, 3.05) is 9.91 Å². The van der Waals surface area contributed by atoms with Gasteiger partial charge in [0.1, 0.15) is 0 Å². The van der Waals surface area contributed by atoms with Crippen molar-refractivity contribution in [3.05, 3.63) is 150 Å². The van der Waals surface area contributed by atoms with Crippen LogP contribution in [0.4, 0.5) is 28.4 Å². The van der Waals surface area contributed by atoms with Gasteiger partial charge in [0.15, 0.2) is 0 Å². The highest BCUT2D eigenvalue weighted by molar-refractivity contribution is 5.85. The van der Waals surface area contributed by atoms with E-state index in [0.717, 1.165) is 34.7 Å². The van der Waals surface area contributed by atoms with Crippen LogP contribution in [0.15, 0.2) is 139 Å². The molecule has 3 nitrogen and oxygen atoms in total. The Morgan fingerprint density at radius 3 is 1.62 bits per heavy atom. The molecule has 0 aliphatic heterocycles. The molecule has 0 atom stereocenters. The second kappa shape index (κ2) is 11.4. The molecular weight excluding hydrogens is 450 g/mol. The Kier molecular flexibility index (Phi) is 7.42. The first-order valence-electron chi connectivity index (χ1n) is 12.7. The van der Waals surface area contributed by atoms with Crippen LogP contribution in [-0.4, -0.2) is 6.21 Å². The molecule has 182 valence electrons. The normalized spacial score (nSPS) is 11.0. The Labute approximate surface area is 220 Å². The Morgan fingerprint density at radius 1 is 0.568 bits per heavy atom. The van der Waals surface area contributed by atoms with Gasteiger partial charge in [-0.3, -0.25) is 0 Å². The number of para-hydroxylation sites is 4. The maximum atomic E-state index is 4.86. The summed E-state index contributed by atoms with van der Waals surface area (Å²) in [5, 5.41) is 6.82. The quantitative estimate of drug-likeness (QED) is 0.162. The molecule has 0 amide bonds. The molecule has 0 bridgehead atoms. The molecule has 0 N–H and O–H groups in total. The summed E-state index contributed by atoms with van der Waals surface area (Å²) in [5.74, 6) is 0. The van der Waals surface area contributed by atoms with E-state index in [-0.39, 0.29) is 0 Å². The summed E-state index contributed by atoms with van der Waals surface area (Å²) < 4.78 is 0. The van der Waals surface area contributed by atoms with Crippen LogP contribution >= 0.6 is 0 Å². The van der Waals surface area contributed by atoms with E-state index in [4.69, 9.17) is 5.10 Å². The van der Waals surface area contributed by atoms with Gasteiger partial charge in [-0.2, -0.15) is 5.10 Å². The van der Waals surface area contributed by atoms with E-state index in [0.29, 0.717) is 0 Å². The lowest BCUT2D eigenvalue weighted by atomic mass is 10.0. The minimum atomic E-state index is 0.972. The fourth-order valence-corrected chi connectivity index (χ4v) is 4.56. The fourth-order valence-electron chi connectivity index (χ4n) is 4.56. The monoisotopic (exact) mass is 481 g/mol. The molecule has 3 heteroatoms. The summed E-state index contributed by atoms with van der Waals surface area (Å²) in [6.45, 7) is 4.40. The third-order valence-corrected chi connectivity index (χ3v) is 6.42. The van der Waals surface area contributed by atoms with E-state index >= 15 is 0 Å². The van der Waals surface area contributed by atoms with Crippen molar-refractivity contribution in [2.45, 2.75) is 20.3 Å². The van der Waals surface area contributed by atoms with Gasteiger partial charge in [0.2, 0.25) is 0 Å². The van der Waals surface area contributed by atoms with Crippen molar-refractivity contribution < 1.29 is 0 Å². The van der Waals surface area contributed by atoms with Crippen molar-refractivity contribution in [1.82, 2.24) is 0 Å². The van der Waals surface area contributed by atoms with Crippen LogP contribution < -0.4 is 9.91 Å². The lowest BCUT2D eigenvalue weighted by Gasteiger charge is -2.29. The molecule has 0 aliphatic rings. The molecule has 0 aliphatic carbocycles. The first-order chi connectivity index (χ1) is 18.2. The van der Waals surface area contributed by atoms with Crippen LogP contribution in [-0.2, 0) is 6.42 Å². The second-order valence-corrected chi connectivity index (χ2v) is 8.93. The molecule has 5 rings (SSSR count). The largest absolute Gasteiger partial charge is 0.310 e. The van der Waals surface area contributed by atoms with Gasteiger partial charge in [-0.25, -0.2) is 5.01 Å². The molecule has 0 aromatic heterocycles. The average molecular weight is 482 g/mol. The van der Waals surface area contributed by atoms with Gasteiger partial charge < -0.3 is 4.90 Å².